The number of benzene rings is 2. The Labute approximate surface area is 135 Å². The van der Waals surface area contributed by atoms with E-state index < -0.39 is 0 Å². The van der Waals surface area contributed by atoms with E-state index in [1.165, 1.54) is 0 Å². The van der Waals surface area contributed by atoms with Crippen molar-refractivity contribution >= 4 is 0 Å². The molecule has 118 valence electrons. The van der Waals surface area contributed by atoms with Gasteiger partial charge in [-0.1, -0.05) is 24.3 Å². The summed E-state index contributed by atoms with van der Waals surface area (Å²) in [7, 11) is 0. The van der Waals surface area contributed by atoms with Crippen LogP contribution in [-0.2, 0) is 13.2 Å². The van der Waals surface area contributed by atoms with Gasteiger partial charge in [0.15, 0.2) is 0 Å². The maximum absolute atomic E-state index is 9.48. The molecule has 2 N–H and O–H groups in total. The Morgan fingerprint density at radius 2 is 1.57 bits per heavy atom. The third kappa shape index (κ3) is 3.04. The van der Waals surface area contributed by atoms with Gasteiger partial charge in [-0.2, -0.15) is 5.10 Å². The van der Waals surface area contributed by atoms with Gasteiger partial charge in [0.05, 0.1) is 24.6 Å². The SMILES string of the molecule is Cc1ccn(-c2cc(-c3ccc(CO)c(CO)c3)ccc2C)n1. The van der Waals surface area contributed by atoms with E-state index >= 15 is 0 Å². The van der Waals surface area contributed by atoms with Crippen LogP contribution in [0.4, 0.5) is 0 Å². The molecule has 0 fully saturated rings. The number of hydrogen-bond donors (Lipinski definition) is 2. The predicted octanol–water partition coefficient (Wildman–Crippen LogP) is 3.14. The molecule has 3 aromatic rings. The Hall–Kier alpha value is -2.43. The minimum Gasteiger partial charge on any atom is -0.392 e. The molecule has 0 aliphatic heterocycles. The molecule has 0 amide bonds. The Bertz CT molecular complexity index is 837. The smallest absolute Gasteiger partial charge is 0.0685 e. The van der Waals surface area contributed by atoms with Crippen molar-refractivity contribution in [3.05, 3.63) is 71.0 Å². The first-order valence-corrected chi connectivity index (χ1v) is 7.59. The van der Waals surface area contributed by atoms with Gasteiger partial charge in [-0.25, -0.2) is 4.68 Å². The number of rotatable bonds is 4. The van der Waals surface area contributed by atoms with Crippen molar-refractivity contribution in [2.45, 2.75) is 27.1 Å². The minimum atomic E-state index is -0.0825. The van der Waals surface area contributed by atoms with Crippen LogP contribution in [-0.4, -0.2) is 20.0 Å². The van der Waals surface area contributed by atoms with Crippen LogP contribution in [0.2, 0.25) is 0 Å². The first-order chi connectivity index (χ1) is 11.1. The molecule has 3 rings (SSSR count). The third-order valence-corrected chi connectivity index (χ3v) is 4.06. The molecule has 1 aromatic heterocycles. The molecule has 0 atom stereocenters. The van der Waals surface area contributed by atoms with Crippen LogP contribution >= 0.6 is 0 Å². The second-order valence-electron chi connectivity index (χ2n) is 5.70. The fourth-order valence-electron chi connectivity index (χ4n) is 2.69. The van der Waals surface area contributed by atoms with Crippen molar-refractivity contribution in [2.24, 2.45) is 0 Å². The molecule has 0 aliphatic rings. The molecule has 0 unspecified atom stereocenters. The van der Waals surface area contributed by atoms with Crippen LogP contribution in [0.25, 0.3) is 16.8 Å². The summed E-state index contributed by atoms with van der Waals surface area (Å²) in [5, 5.41) is 23.3. The van der Waals surface area contributed by atoms with Crippen LogP contribution in [0.3, 0.4) is 0 Å². The van der Waals surface area contributed by atoms with Crippen molar-refractivity contribution in [2.75, 3.05) is 0 Å². The van der Waals surface area contributed by atoms with Crippen LogP contribution in [0.5, 0.6) is 0 Å². The van der Waals surface area contributed by atoms with Gasteiger partial charge in [0, 0.05) is 6.20 Å². The zero-order chi connectivity index (χ0) is 16.4. The molecule has 23 heavy (non-hydrogen) atoms. The van der Waals surface area contributed by atoms with Gasteiger partial charge in [0.1, 0.15) is 0 Å². The van der Waals surface area contributed by atoms with E-state index in [9.17, 15) is 10.2 Å². The lowest BCUT2D eigenvalue weighted by Crippen LogP contribution is -1.99. The Morgan fingerprint density at radius 1 is 0.870 bits per heavy atom. The summed E-state index contributed by atoms with van der Waals surface area (Å²) in [5.74, 6) is 0. The summed E-state index contributed by atoms with van der Waals surface area (Å²) in [4.78, 5) is 0. The van der Waals surface area contributed by atoms with Gasteiger partial charge in [0.25, 0.3) is 0 Å². The lowest BCUT2D eigenvalue weighted by molar-refractivity contribution is 0.260. The van der Waals surface area contributed by atoms with E-state index in [1.807, 2.05) is 42.1 Å². The molecule has 0 saturated carbocycles. The molecule has 0 spiro atoms. The average Bonchev–Trinajstić information content (AvgIpc) is 3.01. The lowest BCUT2D eigenvalue weighted by Gasteiger charge is -2.12. The number of aryl methyl sites for hydroxylation is 2. The standard InChI is InChI=1S/C19H20N2O2/c1-13-3-4-16(10-19(13)21-8-7-14(2)20-21)15-5-6-17(11-22)18(9-15)12-23/h3-10,22-23H,11-12H2,1-2H3. The second kappa shape index (κ2) is 6.36. The van der Waals surface area contributed by atoms with Gasteiger partial charge >= 0.3 is 0 Å². The highest BCUT2D eigenvalue weighted by atomic mass is 16.3. The fraction of sp³-hybridized carbons (Fsp3) is 0.211. The summed E-state index contributed by atoms with van der Waals surface area (Å²) >= 11 is 0. The lowest BCUT2D eigenvalue weighted by atomic mass is 9.98. The maximum atomic E-state index is 9.48. The molecule has 0 bridgehead atoms. The summed E-state index contributed by atoms with van der Waals surface area (Å²) in [6.45, 7) is 3.88. The largest absolute Gasteiger partial charge is 0.392 e. The predicted molar refractivity (Wildman–Crippen MR) is 90.3 cm³/mol. The van der Waals surface area contributed by atoms with Gasteiger partial charge in [-0.15, -0.1) is 0 Å². The van der Waals surface area contributed by atoms with Gasteiger partial charge in [0.2, 0.25) is 0 Å². The second-order valence-corrected chi connectivity index (χ2v) is 5.70. The quantitative estimate of drug-likeness (QED) is 0.778. The highest BCUT2D eigenvalue weighted by Crippen LogP contribution is 2.26. The van der Waals surface area contributed by atoms with E-state index in [0.29, 0.717) is 0 Å². The molecular formula is C19H20N2O2. The first kappa shape index (κ1) is 15.5. The van der Waals surface area contributed by atoms with E-state index in [0.717, 1.165) is 39.2 Å². The fourth-order valence-corrected chi connectivity index (χ4v) is 2.69. The number of nitrogens with zero attached hydrogens (tertiary/aromatic N) is 2. The normalized spacial score (nSPS) is 11.0. The average molecular weight is 308 g/mol. The van der Waals surface area contributed by atoms with Crippen LogP contribution < -0.4 is 0 Å². The van der Waals surface area contributed by atoms with Gasteiger partial charge in [-0.05, 0) is 59.9 Å². The Balaban J connectivity index is 2.07. The Morgan fingerprint density at radius 3 is 2.22 bits per heavy atom. The van der Waals surface area contributed by atoms with Crippen molar-refractivity contribution < 1.29 is 10.2 Å². The van der Waals surface area contributed by atoms with Crippen LogP contribution in [0.15, 0.2) is 48.7 Å². The molecule has 0 radical (unpaired) electrons. The molecule has 2 aromatic carbocycles. The summed E-state index contributed by atoms with van der Waals surface area (Å²) in [5.41, 5.74) is 6.73. The summed E-state index contributed by atoms with van der Waals surface area (Å²) in [6, 6.07) is 14.0. The zero-order valence-electron chi connectivity index (χ0n) is 13.3. The maximum Gasteiger partial charge on any atom is 0.0685 e. The molecule has 0 aliphatic carbocycles. The number of aromatic nitrogens is 2. The number of hydrogen-bond acceptors (Lipinski definition) is 3. The van der Waals surface area contributed by atoms with Crippen LogP contribution in [0.1, 0.15) is 22.4 Å². The van der Waals surface area contributed by atoms with E-state index in [-0.39, 0.29) is 13.2 Å². The van der Waals surface area contributed by atoms with E-state index in [4.69, 9.17) is 0 Å². The van der Waals surface area contributed by atoms with Crippen molar-refractivity contribution in [3.8, 4) is 16.8 Å². The van der Waals surface area contributed by atoms with Gasteiger partial charge < -0.3 is 10.2 Å². The van der Waals surface area contributed by atoms with Crippen LogP contribution in [0, 0.1) is 13.8 Å². The van der Waals surface area contributed by atoms with Crippen molar-refractivity contribution in [1.29, 1.82) is 0 Å². The van der Waals surface area contributed by atoms with Gasteiger partial charge in [-0.3, -0.25) is 0 Å². The molecule has 4 heteroatoms. The highest BCUT2D eigenvalue weighted by molar-refractivity contribution is 5.68. The zero-order valence-corrected chi connectivity index (χ0v) is 13.3. The molecular weight excluding hydrogens is 288 g/mol. The topological polar surface area (TPSA) is 58.3 Å². The minimum absolute atomic E-state index is 0.0676. The van der Waals surface area contributed by atoms with Crippen molar-refractivity contribution in [1.82, 2.24) is 9.78 Å². The number of aliphatic hydroxyl groups excluding tert-OH is 2. The molecule has 1 heterocycles. The van der Waals surface area contributed by atoms with E-state index in [2.05, 4.69) is 30.2 Å². The Kier molecular flexibility index (Phi) is 4.28. The molecule has 0 saturated heterocycles. The summed E-state index contributed by atoms with van der Waals surface area (Å²) in [6.07, 6.45) is 1.95. The first-order valence-electron chi connectivity index (χ1n) is 7.59. The highest BCUT2D eigenvalue weighted by Gasteiger charge is 2.08. The van der Waals surface area contributed by atoms with Crippen molar-refractivity contribution in [3.63, 3.8) is 0 Å². The third-order valence-electron chi connectivity index (χ3n) is 4.06. The number of aliphatic hydroxyl groups is 2. The monoisotopic (exact) mass is 308 g/mol. The molecule has 4 nitrogen and oxygen atoms in total. The summed E-state index contributed by atoms with van der Waals surface area (Å²) < 4.78 is 1.88. The van der Waals surface area contributed by atoms with E-state index in [1.54, 1.807) is 0 Å².